The van der Waals surface area contributed by atoms with Crippen molar-refractivity contribution in [3.05, 3.63) is 87.1 Å². The zero-order valence-electron chi connectivity index (χ0n) is 25.5. The quantitative estimate of drug-likeness (QED) is 0.324. The van der Waals surface area contributed by atoms with Crippen LogP contribution < -0.4 is 24.8 Å². The Morgan fingerprint density at radius 3 is 1.29 bits per heavy atom. The Labute approximate surface area is 266 Å². The Balaban J connectivity index is 0.000000533. The second-order valence-electron chi connectivity index (χ2n) is 13.2. The van der Waals surface area contributed by atoms with E-state index in [-0.39, 0.29) is 24.8 Å². The fourth-order valence-corrected chi connectivity index (χ4v) is 11.6. The summed E-state index contributed by atoms with van der Waals surface area (Å²) in [5.74, 6) is 0. The van der Waals surface area contributed by atoms with Gasteiger partial charge in [-0.05, 0) is 62.8 Å². The predicted molar refractivity (Wildman–Crippen MR) is 158 cm³/mol. The molecule has 0 fully saturated rings. The first-order valence-corrected chi connectivity index (χ1v) is 29.4. The summed E-state index contributed by atoms with van der Waals surface area (Å²) in [5, 5.41) is 0. The van der Waals surface area contributed by atoms with Gasteiger partial charge in [0.15, 0.2) is 0 Å². The molecule has 0 amide bonds. The van der Waals surface area contributed by atoms with Gasteiger partial charge in [-0.15, -0.1) is 0 Å². The Hall–Kier alpha value is 0.846. The maximum absolute atomic E-state index is 6.51. The molecule has 0 N–H and O–H groups in total. The fourth-order valence-electron chi connectivity index (χ4n) is 5.04. The standard InChI is InChI=1S/C14H18.C10H15.C5H5.3CH3.4ClH.2Zr/c1-9-5-7-13(11(9)3)14-8-6-10(2)12(14)4;1-7-6-10(4,5)9(3)8(7)2;1-2-4-5-3-1;;;;;;;;;/h5-6H,7-8H2,1-4H3;1-5H3;1-3H,4H2;3*1H3;4*1H;;/q;;;;;;;;;;2*+2/p-4. The molecule has 0 aromatic rings. The van der Waals surface area contributed by atoms with Gasteiger partial charge in [-0.25, -0.2) is 0 Å². The molecule has 0 radical (unpaired) electrons. The Kier molecular flexibility index (Phi) is 13.3. The first kappa shape index (κ1) is 38.8. The summed E-state index contributed by atoms with van der Waals surface area (Å²) in [6, 6.07) is 0. The van der Waals surface area contributed by atoms with Crippen molar-refractivity contribution in [1.29, 1.82) is 0 Å². The molecule has 0 spiro atoms. The first-order chi connectivity index (χ1) is 16.1. The molecule has 0 unspecified atom stereocenters. The van der Waals surface area contributed by atoms with E-state index in [0.29, 0.717) is 5.41 Å². The van der Waals surface area contributed by atoms with E-state index in [4.69, 9.17) is 17.0 Å². The molecular formula is C32H47Cl4Zr2. The van der Waals surface area contributed by atoms with Gasteiger partial charge in [-0.2, -0.15) is 0 Å². The molecule has 0 bridgehead atoms. The molecule has 4 rings (SSSR count). The van der Waals surface area contributed by atoms with Gasteiger partial charge in [0.05, 0.1) is 0 Å². The van der Waals surface area contributed by atoms with E-state index < -0.39 is 14.9 Å². The number of rotatable bonds is 2. The number of hydrogen-bond acceptors (Lipinski definition) is 0. The summed E-state index contributed by atoms with van der Waals surface area (Å²) in [4.78, 5) is 0. The van der Waals surface area contributed by atoms with E-state index >= 15 is 0 Å². The summed E-state index contributed by atoms with van der Waals surface area (Å²) in [6.45, 7) is 20.3. The molecule has 0 aromatic carbocycles. The van der Waals surface area contributed by atoms with Crippen molar-refractivity contribution in [3.8, 4) is 0 Å². The molecule has 38 heavy (non-hydrogen) atoms. The van der Waals surface area contributed by atoms with Crippen molar-refractivity contribution < 1.29 is 64.4 Å². The van der Waals surface area contributed by atoms with Crippen LogP contribution in [-0.4, -0.2) is 0 Å². The van der Waals surface area contributed by atoms with Gasteiger partial charge in [0.2, 0.25) is 0 Å². The van der Waals surface area contributed by atoms with E-state index in [1.54, 1.807) is 44.7 Å². The summed E-state index contributed by atoms with van der Waals surface area (Å²) in [6.07, 6.45) is 14.1. The third-order valence-corrected chi connectivity index (χ3v) is 20.9. The zero-order chi connectivity index (χ0) is 27.9. The molecule has 4 aliphatic carbocycles. The van der Waals surface area contributed by atoms with Crippen molar-refractivity contribution in [2.75, 3.05) is 0 Å². The topological polar surface area (TPSA) is 0 Å². The maximum Gasteiger partial charge on any atom is -1.00 e. The number of halogens is 4. The van der Waals surface area contributed by atoms with Gasteiger partial charge in [0.1, 0.15) is 0 Å². The van der Waals surface area contributed by atoms with Crippen molar-refractivity contribution >= 4 is 17.0 Å². The van der Waals surface area contributed by atoms with Crippen LogP contribution in [0.5, 0.6) is 0 Å². The van der Waals surface area contributed by atoms with E-state index in [1.807, 2.05) is 20.0 Å². The summed E-state index contributed by atoms with van der Waals surface area (Å²) >= 11 is -2.26. The smallest absolute Gasteiger partial charge is 1.00 e. The summed E-state index contributed by atoms with van der Waals surface area (Å²) in [5.41, 5.74) is 14.0. The van der Waals surface area contributed by atoms with Gasteiger partial charge in [-0.3, -0.25) is 0 Å². The van der Waals surface area contributed by atoms with Gasteiger partial charge < -0.3 is 24.8 Å². The third kappa shape index (κ3) is 9.17. The van der Waals surface area contributed by atoms with E-state index in [2.05, 4.69) is 86.6 Å². The van der Waals surface area contributed by atoms with Crippen LogP contribution >= 0.6 is 17.0 Å². The second-order valence-corrected chi connectivity index (χ2v) is 53.0. The zero-order valence-corrected chi connectivity index (χ0v) is 33.5. The van der Waals surface area contributed by atoms with Crippen molar-refractivity contribution in [3.63, 3.8) is 0 Å². The first-order valence-electron chi connectivity index (χ1n) is 13.2. The van der Waals surface area contributed by atoms with Crippen LogP contribution in [0.25, 0.3) is 0 Å². The van der Waals surface area contributed by atoms with Crippen LogP contribution in [0.3, 0.4) is 0 Å². The van der Waals surface area contributed by atoms with Crippen LogP contribution in [0.1, 0.15) is 81.6 Å². The van der Waals surface area contributed by atoms with Gasteiger partial charge in [0, 0.05) is 0 Å². The second kappa shape index (κ2) is 13.0. The average molecular weight is 756 g/mol. The van der Waals surface area contributed by atoms with Crippen molar-refractivity contribution in [1.82, 2.24) is 0 Å². The van der Waals surface area contributed by atoms with Crippen LogP contribution in [0.2, 0.25) is 13.9 Å². The minimum absolute atomic E-state index is 0. The molecule has 0 saturated carbocycles. The van der Waals surface area contributed by atoms with Crippen molar-refractivity contribution in [2.45, 2.75) is 95.5 Å². The van der Waals surface area contributed by atoms with Crippen LogP contribution in [0, 0.1) is 5.41 Å². The molecule has 0 atom stereocenters. The fraction of sp³-hybridized carbons (Fsp3) is 0.500. The molecular weight excluding hydrogens is 709 g/mol. The molecule has 0 heterocycles. The SMILES string of the molecule is CC1=C(C)C(C)(C)[C]([Zr+2])=C1C.CC1=CCC(C2=C(C)C(C)=CC2)=C1C.[CH3][Zr]([CH3])([CH3])([Cl])([Cl])[C]1=CC=CC1.[Cl-].[Cl-]. The predicted octanol–water partition coefficient (Wildman–Crippen LogP) is 6.02. The van der Waals surface area contributed by atoms with Gasteiger partial charge >= 0.3 is 159 Å². The average Bonchev–Trinajstić information content (AvgIpc) is 3.51. The molecule has 0 aromatic heterocycles. The van der Waals surface area contributed by atoms with Crippen LogP contribution in [0.4, 0.5) is 0 Å². The third-order valence-electron chi connectivity index (χ3n) is 8.72. The maximum atomic E-state index is 6.51. The number of hydrogen-bond donors (Lipinski definition) is 0. The van der Waals surface area contributed by atoms with E-state index in [9.17, 15) is 0 Å². The normalized spacial score (nSPS) is 21.9. The van der Waals surface area contributed by atoms with E-state index in [0.717, 1.165) is 19.3 Å². The minimum Gasteiger partial charge on any atom is -1.00 e. The largest absolute Gasteiger partial charge is 1.00 e. The summed E-state index contributed by atoms with van der Waals surface area (Å²) in [7, 11) is 13.0. The molecule has 0 nitrogen and oxygen atoms in total. The molecule has 211 valence electrons. The minimum atomic E-state index is -3.83. The van der Waals surface area contributed by atoms with Gasteiger partial charge in [0.25, 0.3) is 0 Å². The summed E-state index contributed by atoms with van der Waals surface area (Å²) < 4.78 is 8.96. The Morgan fingerprint density at radius 1 is 0.711 bits per heavy atom. The van der Waals surface area contributed by atoms with Gasteiger partial charge in [-0.1, -0.05) is 23.3 Å². The van der Waals surface area contributed by atoms with E-state index in [1.165, 1.54) is 36.7 Å². The monoisotopic (exact) mass is 751 g/mol. The Bertz CT molecular complexity index is 1140. The Morgan fingerprint density at radius 2 is 1.13 bits per heavy atom. The molecule has 6 heteroatoms. The molecule has 0 saturated heterocycles. The van der Waals surface area contributed by atoms with Crippen LogP contribution in [0.15, 0.2) is 87.1 Å². The van der Waals surface area contributed by atoms with Crippen LogP contribution in [-0.2, 0) is 39.6 Å². The van der Waals surface area contributed by atoms with Crippen molar-refractivity contribution in [2.24, 2.45) is 5.41 Å². The molecule has 4 aliphatic rings. The number of allylic oxidation sites excluding steroid dienone is 16. The molecule has 0 aliphatic heterocycles.